The number of para-hydroxylation sites is 2. The van der Waals surface area contributed by atoms with Gasteiger partial charge in [0.2, 0.25) is 0 Å². The lowest BCUT2D eigenvalue weighted by Gasteiger charge is -2.19. The Hall–Kier alpha value is -2.09. The molecule has 2 heteroatoms. The van der Waals surface area contributed by atoms with Crippen LogP contribution >= 0.6 is 0 Å². The number of hydrogen-bond acceptors (Lipinski definition) is 1. The standard InChI is InChI=1S/C18H20N2/c1-3-16(12-15-9-5-4-8-14(15)2)20-13-19-17-10-6-7-11-18(17)20/h4-11,13,16H,3,12H2,1-2H3. The van der Waals surface area contributed by atoms with Crippen molar-refractivity contribution in [1.82, 2.24) is 9.55 Å². The summed E-state index contributed by atoms with van der Waals surface area (Å²) in [5.41, 5.74) is 5.11. The highest BCUT2D eigenvalue weighted by Crippen LogP contribution is 2.24. The summed E-state index contributed by atoms with van der Waals surface area (Å²) in [4.78, 5) is 4.51. The SMILES string of the molecule is CCC(Cc1ccccc1C)n1cnc2ccccc21. The Bertz CT molecular complexity index is 712. The number of aromatic nitrogens is 2. The second kappa shape index (κ2) is 5.49. The summed E-state index contributed by atoms with van der Waals surface area (Å²) in [6, 6.07) is 17.5. The summed E-state index contributed by atoms with van der Waals surface area (Å²) in [5.74, 6) is 0. The van der Waals surface area contributed by atoms with Gasteiger partial charge in [0.05, 0.1) is 17.4 Å². The van der Waals surface area contributed by atoms with Crippen LogP contribution in [0.4, 0.5) is 0 Å². The van der Waals surface area contributed by atoms with Crippen molar-refractivity contribution >= 4 is 11.0 Å². The van der Waals surface area contributed by atoms with Gasteiger partial charge in [-0.2, -0.15) is 0 Å². The van der Waals surface area contributed by atoms with Crippen molar-refractivity contribution in [1.29, 1.82) is 0 Å². The summed E-state index contributed by atoms with van der Waals surface area (Å²) in [7, 11) is 0. The van der Waals surface area contributed by atoms with Gasteiger partial charge in [-0.25, -0.2) is 4.98 Å². The molecule has 3 rings (SSSR count). The van der Waals surface area contributed by atoms with Gasteiger partial charge in [0.1, 0.15) is 0 Å². The molecule has 102 valence electrons. The fraction of sp³-hybridized carbons (Fsp3) is 0.278. The van der Waals surface area contributed by atoms with Crippen LogP contribution < -0.4 is 0 Å². The molecule has 0 saturated carbocycles. The minimum absolute atomic E-state index is 0.462. The molecular weight excluding hydrogens is 244 g/mol. The molecule has 1 heterocycles. The Morgan fingerprint density at radius 2 is 1.80 bits per heavy atom. The summed E-state index contributed by atoms with van der Waals surface area (Å²) < 4.78 is 2.32. The highest BCUT2D eigenvalue weighted by atomic mass is 15.1. The first-order valence-electron chi connectivity index (χ1n) is 7.25. The topological polar surface area (TPSA) is 17.8 Å². The lowest BCUT2D eigenvalue weighted by Crippen LogP contribution is -2.10. The lowest BCUT2D eigenvalue weighted by molar-refractivity contribution is 0.494. The number of benzene rings is 2. The Morgan fingerprint density at radius 1 is 1.05 bits per heavy atom. The third-order valence-electron chi connectivity index (χ3n) is 4.06. The van der Waals surface area contributed by atoms with E-state index in [0.29, 0.717) is 6.04 Å². The smallest absolute Gasteiger partial charge is 0.0961 e. The number of hydrogen-bond donors (Lipinski definition) is 0. The first kappa shape index (κ1) is 12.9. The monoisotopic (exact) mass is 264 g/mol. The van der Waals surface area contributed by atoms with E-state index in [2.05, 4.69) is 65.9 Å². The molecule has 20 heavy (non-hydrogen) atoms. The van der Waals surface area contributed by atoms with Gasteiger partial charge in [0.15, 0.2) is 0 Å². The fourth-order valence-electron chi connectivity index (χ4n) is 2.80. The Morgan fingerprint density at radius 3 is 2.60 bits per heavy atom. The maximum atomic E-state index is 4.51. The fourth-order valence-corrected chi connectivity index (χ4v) is 2.80. The largest absolute Gasteiger partial charge is 0.327 e. The van der Waals surface area contributed by atoms with E-state index in [-0.39, 0.29) is 0 Å². The Balaban J connectivity index is 1.96. The van der Waals surface area contributed by atoms with Crippen LogP contribution in [-0.4, -0.2) is 9.55 Å². The molecule has 0 aliphatic rings. The molecule has 0 aliphatic heterocycles. The normalized spacial score (nSPS) is 12.7. The van der Waals surface area contributed by atoms with Crippen LogP contribution in [0.2, 0.25) is 0 Å². The maximum absolute atomic E-state index is 4.51. The number of nitrogens with zero attached hydrogens (tertiary/aromatic N) is 2. The molecule has 0 aliphatic carbocycles. The van der Waals surface area contributed by atoms with E-state index in [4.69, 9.17) is 0 Å². The van der Waals surface area contributed by atoms with Crippen LogP contribution in [0.1, 0.15) is 30.5 Å². The number of aryl methyl sites for hydroxylation is 1. The van der Waals surface area contributed by atoms with Crippen molar-refractivity contribution in [3.63, 3.8) is 0 Å². The molecule has 1 unspecified atom stereocenters. The first-order valence-corrected chi connectivity index (χ1v) is 7.25. The molecule has 0 saturated heterocycles. The van der Waals surface area contributed by atoms with Crippen molar-refractivity contribution in [2.24, 2.45) is 0 Å². The molecule has 0 fully saturated rings. The molecule has 2 nitrogen and oxygen atoms in total. The molecular formula is C18H20N2. The predicted molar refractivity (Wildman–Crippen MR) is 83.9 cm³/mol. The van der Waals surface area contributed by atoms with Crippen molar-refractivity contribution in [2.45, 2.75) is 32.7 Å². The third kappa shape index (κ3) is 2.34. The zero-order valence-corrected chi connectivity index (χ0v) is 12.1. The Labute approximate surface area is 120 Å². The average molecular weight is 264 g/mol. The molecule has 3 aromatic rings. The van der Waals surface area contributed by atoms with Crippen molar-refractivity contribution in [3.8, 4) is 0 Å². The zero-order chi connectivity index (χ0) is 13.9. The Kier molecular flexibility index (Phi) is 3.55. The molecule has 1 aromatic heterocycles. The van der Waals surface area contributed by atoms with Gasteiger partial charge in [0.25, 0.3) is 0 Å². The van der Waals surface area contributed by atoms with E-state index in [9.17, 15) is 0 Å². The van der Waals surface area contributed by atoms with Gasteiger partial charge in [-0.05, 0) is 43.0 Å². The van der Waals surface area contributed by atoms with Gasteiger partial charge >= 0.3 is 0 Å². The number of imidazole rings is 1. The van der Waals surface area contributed by atoms with E-state index in [1.54, 1.807) is 0 Å². The van der Waals surface area contributed by atoms with Crippen LogP contribution in [0.5, 0.6) is 0 Å². The zero-order valence-electron chi connectivity index (χ0n) is 12.1. The lowest BCUT2D eigenvalue weighted by atomic mass is 9.99. The van der Waals surface area contributed by atoms with Gasteiger partial charge in [-0.15, -0.1) is 0 Å². The van der Waals surface area contributed by atoms with Gasteiger partial charge in [-0.1, -0.05) is 43.3 Å². The van der Waals surface area contributed by atoms with E-state index in [1.165, 1.54) is 16.6 Å². The van der Waals surface area contributed by atoms with Crippen LogP contribution in [-0.2, 0) is 6.42 Å². The summed E-state index contributed by atoms with van der Waals surface area (Å²) in [5, 5.41) is 0. The first-order chi connectivity index (χ1) is 9.79. The number of fused-ring (bicyclic) bond motifs is 1. The summed E-state index contributed by atoms with van der Waals surface area (Å²) >= 11 is 0. The van der Waals surface area contributed by atoms with Gasteiger partial charge in [0, 0.05) is 6.04 Å². The average Bonchev–Trinajstić information content (AvgIpc) is 2.90. The second-order valence-electron chi connectivity index (χ2n) is 5.33. The maximum Gasteiger partial charge on any atom is 0.0961 e. The van der Waals surface area contributed by atoms with Crippen LogP contribution in [0.25, 0.3) is 11.0 Å². The molecule has 2 aromatic carbocycles. The minimum Gasteiger partial charge on any atom is -0.327 e. The van der Waals surface area contributed by atoms with E-state index in [0.717, 1.165) is 18.4 Å². The molecule has 0 spiro atoms. The highest BCUT2D eigenvalue weighted by molar-refractivity contribution is 5.75. The van der Waals surface area contributed by atoms with Crippen molar-refractivity contribution in [2.75, 3.05) is 0 Å². The molecule has 0 N–H and O–H groups in total. The molecule has 0 bridgehead atoms. The van der Waals surface area contributed by atoms with Gasteiger partial charge in [-0.3, -0.25) is 0 Å². The quantitative estimate of drug-likeness (QED) is 0.676. The van der Waals surface area contributed by atoms with Crippen molar-refractivity contribution < 1.29 is 0 Å². The van der Waals surface area contributed by atoms with Crippen LogP contribution in [0.15, 0.2) is 54.9 Å². The molecule has 0 radical (unpaired) electrons. The van der Waals surface area contributed by atoms with E-state index >= 15 is 0 Å². The van der Waals surface area contributed by atoms with Crippen LogP contribution in [0.3, 0.4) is 0 Å². The van der Waals surface area contributed by atoms with Crippen molar-refractivity contribution in [3.05, 3.63) is 66.0 Å². The van der Waals surface area contributed by atoms with Gasteiger partial charge < -0.3 is 4.57 Å². The molecule has 0 amide bonds. The molecule has 1 atom stereocenters. The summed E-state index contributed by atoms with van der Waals surface area (Å²) in [6.07, 6.45) is 4.15. The minimum atomic E-state index is 0.462. The van der Waals surface area contributed by atoms with Crippen LogP contribution in [0, 0.1) is 6.92 Å². The predicted octanol–water partition coefficient (Wildman–Crippen LogP) is 4.54. The van der Waals surface area contributed by atoms with E-state index < -0.39 is 0 Å². The number of rotatable bonds is 4. The summed E-state index contributed by atoms with van der Waals surface area (Å²) in [6.45, 7) is 4.44. The second-order valence-corrected chi connectivity index (χ2v) is 5.33. The third-order valence-corrected chi connectivity index (χ3v) is 4.06. The highest BCUT2D eigenvalue weighted by Gasteiger charge is 2.13. The van der Waals surface area contributed by atoms with E-state index in [1.807, 2.05) is 12.4 Å².